The largest absolute Gasteiger partial charge is 0.462 e. The number of rotatable bonds is 48. The lowest BCUT2D eigenvalue weighted by Gasteiger charge is -2.18. The van der Waals surface area contributed by atoms with Crippen molar-refractivity contribution < 1.29 is 28.6 Å². The maximum atomic E-state index is 12.7. The summed E-state index contributed by atoms with van der Waals surface area (Å²) in [5.74, 6) is -0.890. The maximum absolute atomic E-state index is 12.7. The quantitative estimate of drug-likeness (QED) is 0.0262. The lowest BCUT2D eigenvalue weighted by Crippen LogP contribution is -2.30. The van der Waals surface area contributed by atoms with Crippen molar-refractivity contribution >= 4 is 17.9 Å². The second-order valence-electron chi connectivity index (χ2n) is 17.8. The highest BCUT2D eigenvalue weighted by Crippen LogP contribution is 2.15. The summed E-state index contributed by atoms with van der Waals surface area (Å²) in [6, 6.07) is 0. The van der Waals surface area contributed by atoms with Crippen LogP contribution < -0.4 is 0 Å². The van der Waals surface area contributed by atoms with Crippen LogP contribution >= 0.6 is 0 Å². The zero-order chi connectivity index (χ0) is 47.2. The van der Waals surface area contributed by atoms with Gasteiger partial charge >= 0.3 is 17.9 Å². The van der Waals surface area contributed by atoms with Crippen LogP contribution in [0.25, 0.3) is 0 Å². The lowest BCUT2D eigenvalue weighted by atomic mass is 10.1. The van der Waals surface area contributed by atoms with Gasteiger partial charge in [0.25, 0.3) is 0 Å². The first kappa shape index (κ1) is 61.6. The average Bonchev–Trinajstić information content (AvgIpc) is 3.30. The fourth-order valence-corrected chi connectivity index (χ4v) is 7.36. The SMILES string of the molecule is CC/C=C\C/C=C\C/C=C\C/C=C\C/C=C\C/C=C\C/C=C\CCCCCCCCCCCC(=O)OCC(COC(=O)CCCCCCCCCC)OC(=O)CCCCCCCCCC. The Hall–Kier alpha value is -3.41. The third kappa shape index (κ3) is 51.4. The van der Waals surface area contributed by atoms with Gasteiger partial charge in [-0.15, -0.1) is 0 Å². The molecular weight excluding hydrogens is 805 g/mol. The third-order valence-corrected chi connectivity index (χ3v) is 11.4. The predicted octanol–water partition coefficient (Wildman–Crippen LogP) is 18.0. The van der Waals surface area contributed by atoms with Crippen LogP contribution in [-0.4, -0.2) is 37.2 Å². The molecule has 0 fully saturated rings. The minimum atomic E-state index is -0.771. The van der Waals surface area contributed by atoms with E-state index in [2.05, 4.69) is 106 Å². The van der Waals surface area contributed by atoms with Crippen LogP contribution in [0.1, 0.15) is 252 Å². The summed E-state index contributed by atoms with van der Waals surface area (Å²) in [6.45, 7) is 6.45. The summed E-state index contributed by atoms with van der Waals surface area (Å²) in [5, 5.41) is 0. The summed E-state index contributed by atoms with van der Waals surface area (Å²) in [5.41, 5.74) is 0. The van der Waals surface area contributed by atoms with Gasteiger partial charge in [0.2, 0.25) is 0 Å². The Balaban J connectivity index is 4.05. The molecule has 6 nitrogen and oxygen atoms in total. The van der Waals surface area contributed by atoms with Gasteiger partial charge in [0.15, 0.2) is 6.10 Å². The van der Waals surface area contributed by atoms with Crippen molar-refractivity contribution in [1.29, 1.82) is 0 Å². The first-order chi connectivity index (χ1) is 32.0. The van der Waals surface area contributed by atoms with Gasteiger partial charge in [-0.25, -0.2) is 0 Å². The number of ether oxygens (including phenoxy) is 3. The average molecular weight is 905 g/mol. The van der Waals surface area contributed by atoms with Crippen molar-refractivity contribution in [3.63, 3.8) is 0 Å². The van der Waals surface area contributed by atoms with E-state index in [1.54, 1.807) is 0 Å². The highest BCUT2D eigenvalue weighted by molar-refractivity contribution is 5.71. The standard InChI is InChI=1S/C59H100O6/c1-4-7-10-13-16-19-20-21-22-23-24-25-26-27-28-29-30-31-32-33-34-35-36-37-38-39-40-41-44-46-49-52-58(61)64-55-56(65-59(62)53-50-47-43-18-15-12-9-6-3)54-63-57(60)51-48-45-42-17-14-11-8-5-2/h7,10,16,19,21-22,24-25,27-28,30-31,33-34,56H,4-6,8-9,11-15,17-18,20,23,26,29,32,35-55H2,1-3H3/b10-7-,19-16-,22-21-,25-24-,28-27-,31-30-,34-33-. The Bertz CT molecular complexity index is 1270. The van der Waals surface area contributed by atoms with Gasteiger partial charge in [0.1, 0.15) is 13.2 Å². The molecule has 1 atom stereocenters. The Morgan fingerprint density at radius 1 is 0.323 bits per heavy atom. The topological polar surface area (TPSA) is 78.9 Å². The van der Waals surface area contributed by atoms with E-state index in [0.29, 0.717) is 19.3 Å². The summed E-state index contributed by atoms with van der Waals surface area (Å²) < 4.78 is 16.7. The smallest absolute Gasteiger partial charge is 0.306 e. The molecule has 0 aliphatic rings. The summed E-state index contributed by atoms with van der Waals surface area (Å²) in [6.07, 6.45) is 68.9. The molecule has 0 aliphatic carbocycles. The number of carbonyl (C=O) groups excluding carboxylic acids is 3. The molecule has 0 N–H and O–H groups in total. The molecule has 65 heavy (non-hydrogen) atoms. The number of carbonyl (C=O) groups is 3. The van der Waals surface area contributed by atoms with Gasteiger partial charge < -0.3 is 14.2 Å². The molecule has 6 heteroatoms. The van der Waals surface area contributed by atoms with Crippen molar-refractivity contribution in [2.45, 2.75) is 258 Å². The molecule has 0 rings (SSSR count). The molecule has 0 aromatic heterocycles. The van der Waals surface area contributed by atoms with E-state index < -0.39 is 6.10 Å². The minimum absolute atomic E-state index is 0.0753. The normalized spacial score (nSPS) is 12.7. The van der Waals surface area contributed by atoms with Crippen LogP contribution in [0.15, 0.2) is 85.1 Å². The minimum Gasteiger partial charge on any atom is -0.462 e. The number of allylic oxidation sites excluding steroid dienone is 14. The van der Waals surface area contributed by atoms with Gasteiger partial charge in [-0.2, -0.15) is 0 Å². The Labute approximate surface area is 401 Å². The van der Waals surface area contributed by atoms with Crippen molar-refractivity contribution in [2.75, 3.05) is 13.2 Å². The molecule has 0 saturated carbocycles. The highest BCUT2D eigenvalue weighted by Gasteiger charge is 2.19. The van der Waals surface area contributed by atoms with Gasteiger partial charge in [0.05, 0.1) is 0 Å². The van der Waals surface area contributed by atoms with Crippen LogP contribution in [0, 0.1) is 0 Å². The number of hydrogen-bond acceptors (Lipinski definition) is 6. The monoisotopic (exact) mass is 905 g/mol. The molecule has 0 saturated heterocycles. The van der Waals surface area contributed by atoms with Crippen LogP contribution in [0.3, 0.4) is 0 Å². The summed E-state index contributed by atoms with van der Waals surface area (Å²) in [4.78, 5) is 37.7. The summed E-state index contributed by atoms with van der Waals surface area (Å²) in [7, 11) is 0. The molecule has 1 unspecified atom stereocenters. The molecule has 0 amide bonds. The van der Waals surface area contributed by atoms with E-state index in [1.807, 2.05) is 0 Å². The zero-order valence-electron chi connectivity index (χ0n) is 42.5. The molecule has 0 spiro atoms. The van der Waals surface area contributed by atoms with Crippen molar-refractivity contribution in [1.82, 2.24) is 0 Å². The van der Waals surface area contributed by atoms with Crippen LogP contribution in [0.4, 0.5) is 0 Å². The van der Waals surface area contributed by atoms with E-state index in [1.165, 1.54) is 103 Å². The second kappa shape index (κ2) is 53.2. The molecule has 0 aromatic rings. The van der Waals surface area contributed by atoms with Gasteiger partial charge in [-0.3, -0.25) is 14.4 Å². The van der Waals surface area contributed by atoms with E-state index in [0.717, 1.165) is 109 Å². The fraction of sp³-hybridized carbons (Fsp3) is 0.712. The number of esters is 3. The van der Waals surface area contributed by atoms with Gasteiger partial charge in [-0.05, 0) is 77.0 Å². The fourth-order valence-electron chi connectivity index (χ4n) is 7.36. The maximum Gasteiger partial charge on any atom is 0.306 e. The molecule has 0 aromatic carbocycles. The molecule has 372 valence electrons. The van der Waals surface area contributed by atoms with Gasteiger partial charge in [0, 0.05) is 19.3 Å². The number of hydrogen-bond donors (Lipinski definition) is 0. The first-order valence-corrected chi connectivity index (χ1v) is 27.1. The van der Waals surface area contributed by atoms with E-state index in [4.69, 9.17) is 14.2 Å². The van der Waals surface area contributed by atoms with Crippen molar-refractivity contribution in [3.8, 4) is 0 Å². The second-order valence-corrected chi connectivity index (χ2v) is 17.8. The third-order valence-electron chi connectivity index (χ3n) is 11.4. The van der Waals surface area contributed by atoms with E-state index >= 15 is 0 Å². The first-order valence-electron chi connectivity index (χ1n) is 27.1. The highest BCUT2D eigenvalue weighted by atomic mass is 16.6. The van der Waals surface area contributed by atoms with Crippen LogP contribution in [0.5, 0.6) is 0 Å². The Morgan fingerprint density at radius 3 is 0.938 bits per heavy atom. The van der Waals surface area contributed by atoms with Crippen molar-refractivity contribution in [3.05, 3.63) is 85.1 Å². The zero-order valence-corrected chi connectivity index (χ0v) is 42.5. The lowest BCUT2D eigenvalue weighted by molar-refractivity contribution is -0.167. The number of unbranched alkanes of at least 4 members (excludes halogenated alkanes) is 23. The van der Waals surface area contributed by atoms with E-state index in [9.17, 15) is 14.4 Å². The van der Waals surface area contributed by atoms with Gasteiger partial charge in [-0.1, -0.05) is 241 Å². The molecule has 0 heterocycles. The van der Waals surface area contributed by atoms with Crippen LogP contribution in [0.2, 0.25) is 0 Å². The molecular formula is C59H100O6. The molecule has 0 radical (unpaired) electrons. The predicted molar refractivity (Wildman–Crippen MR) is 279 cm³/mol. The Kier molecular flexibility index (Phi) is 50.4. The molecule has 0 aliphatic heterocycles. The van der Waals surface area contributed by atoms with Crippen LogP contribution in [-0.2, 0) is 28.6 Å². The Morgan fingerprint density at radius 2 is 0.600 bits per heavy atom. The summed E-state index contributed by atoms with van der Waals surface area (Å²) >= 11 is 0. The molecule has 0 bridgehead atoms. The van der Waals surface area contributed by atoms with Crippen molar-refractivity contribution in [2.24, 2.45) is 0 Å². The van der Waals surface area contributed by atoms with E-state index in [-0.39, 0.29) is 31.1 Å².